The van der Waals surface area contributed by atoms with Crippen molar-refractivity contribution < 1.29 is 9.18 Å². The maximum Gasteiger partial charge on any atom is 0.273 e. The van der Waals surface area contributed by atoms with E-state index in [4.69, 9.17) is 0 Å². The summed E-state index contributed by atoms with van der Waals surface area (Å²) < 4.78 is 12.9. The van der Waals surface area contributed by atoms with E-state index in [2.05, 4.69) is 20.5 Å². The van der Waals surface area contributed by atoms with Crippen molar-refractivity contribution in [2.24, 2.45) is 0 Å². The summed E-state index contributed by atoms with van der Waals surface area (Å²) in [6.07, 6.45) is 0.388. The number of amides is 1. The molecule has 1 heterocycles. The minimum absolute atomic E-state index is 0.0410. The predicted octanol–water partition coefficient (Wildman–Crippen LogP) is 2.93. The van der Waals surface area contributed by atoms with E-state index < -0.39 is 0 Å². The molecule has 2 aromatic carbocycles. The van der Waals surface area contributed by atoms with Crippen LogP contribution >= 0.6 is 11.8 Å². The van der Waals surface area contributed by atoms with Gasteiger partial charge in [0, 0.05) is 12.1 Å². The van der Waals surface area contributed by atoms with Gasteiger partial charge >= 0.3 is 0 Å². The summed E-state index contributed by atoms with van der Waals surface area (Å²) in [7, 11) is 0. The molecule has 0 saturated carbocycles. The highest BCUT2D eigenvalue weighted by molar-refractivity contribution is 7.99. The van der Waals surface area contributed by atoms with E-state index in [1.54, 1.807) is 0 Å². The number of carbonyl (C=O) groups excluding carboxylic acids is 1. The van der Waals surface area contributed by atoms with Crippen LogP contribution in [0.4, 0.5) is 10.1 Å². The van der Waals surface area contributed by atoms with Crippen molar-refractivity contribution >= 4 is 23.4 Å². The lowest BCUT2D eigenvalue weighted by atomic mass is 10.1. The first-order valence-electron chi connectivity index (χ1n) is 8.19. The van der Waals surface area contributed by atoms with Crippen LogP contribution in [-0.2, 0) is 11.2 Å². The first-order valence-corrected chi connectivity index (χ1v) is 9.18. The molecule has 1 aromatic heterocycles. The second-order valence-corrected chi connectivity index (χ2v) is 6.88. The van der Waals surface area contributed by atoms with E-state index in [9.17, 15) is 14.0 Å². The molecule has 3 rings (SSSR count). The molecule has 2 N–H and O–H groups in total. The highest BCUT2D eigenvalue weighted by Crippen LogP contribution is 2.13. The van der Waals surface area contributed by atoms with Gasteiger partial charge in [0.1, 0.15) is 11.5 Å². The Hall–Kier alpha value is -3.00. The molecule has 0 aliphatic carbocycles. The number of benzene rings is 2. The van der Waals surface area contributed by atoms with Crippen LogP contribution in [0.15, 0.2) is 58.5 Å². The Morgan fingerprint density at radius 1 is 1.11 bits per heavy atom. The van der Waals surface area contributed by atoms with E-state index in [0.717, 1.165) is 22.9 Å². The number of hydrogen-bond donors (Lipinski definition) is 2. The number of aromatic amines is 1. The van der Waals surface area contributed by atoms with Crippen LogP contribution in [0.1, 0.15) is 16.8 Å². The summed E-state index contributed by atoms with van der Waals surface area (Å²) in [5.74, 6) is -0.627. The number of halogens is 1. The maximum atomic E-state index is 12.9. The van der Waals surface area contributed by atoms with E-state index in [0.29, 0.717) is 17.8 Å². The molecule has 138 valence electrons. The number of aromatic nitrogens is 3. The third-order valence-corrected chi connectivity index (χ3v) is 4.57. The first kappa shape index (κ1) is 18.8. The molecule has 3 aromatic rings. The van der Waals surface area contributed by atoms with E-state index in [1.807, 2.05) is 31.2 Å². The zero-order valence-electron chi connectivity index (χ0n) is 14.5. The molecule has 0 aliphatic rings. The Morgan fingerprint density at radius 2 is 1.81 bits per heavy atom. The van der Waals surface area contributed by atoms with E-state index in [-0.39, 0.29) is 28.2 Å². The quantitative estimate of drug-likeness (QED) is 0.638. The van der Waals surface area contributed by atoms with Crippen molar-refractivity contribution in [3.8, 4) is 0 Å². The lowest BCUT2D eigenvalue weighted by Gasteiger charge is -2.05. The van der Waals surface area contributed by atoms with Crippen LogP contribution in [0.2, 0.25) is 0 Å². The number of nitrogens with one attached hydrogen (secondary N) is 2. The Kier molecular flexibility index (Phi) is 5.97. The molecule has 0 saturated heterocycles. The Balaban J connectivity index is 1.57. The number of carbonyl (C=O) groups is 1. The van der Waals surface area contributed by atoms with Crippen molar-refractivity contribution in [2.45, 2.75) is 18.5 Å². The van der Waals surface area contributed by atoms with Crippen LogP contribution in [0.25, 0.3) is 0 Å². The highest BCUT2D eigenvalue weighted by atomic mass is 32.2. The first-order chi connectivity index (χ1) is 13.0. The molecule has 27 heavy (non-hydrogen) atoms. The van der Waals surface area contributed by atoms with Crippen LogP contribution < -0.4 is 10.9 Å². The van der Waals surface area contributed by atoms with Gasteiger partial charge in [-0.1, -0.05) is 41.6 Å². The minimum atomic E-state index is -0.374. The third kappa shape index (κ3) is 5.49. The predicted molar refractivity (Wildman–Crippen MR) is 102 cm³/mol. The van der Waals surface area contributed by atoms with E-state index >= 15 is 0 Å². The van der Waals surface area contributed by atoms with Gasteiger partial charge in [-0.25, -0.2) is 4.39 Å². The van der Waals surface area contributed by atoms with Gasteiger partial charge in [-0.05, 0) is 36.8 Å². The van der Waals surface area contributed by atoms with Crippen molar-refractivity contribution in [2.75, 3.05) is 11.1 Å². The highest BCUT2D eigenvalue weighted by Gasteiger charge is 2.09. The second-order valence-electron chi connectivity index (χ2n) is 5.91. The molecule has 0 spiro atoms. The fourth-order valence-electron chi connectivity index (χ4n) is 2.29. The number of hydrogen-bond acceptors (Lipinski definition) is 5. The van der Waals surface area contributed by atoms with Gasteiger partial charge in [0.05, 0.1) is 5.75 Å². The van der Waals surface area contributed by atoms with Gasteiger partial charge in [0.15, 0.2) is 5.16 Å². The number of nitrogens with zero attached hydrogens (tertiary/aromatic N) is 2. The summed E-state index contributed by atoms with van der Waals surface area (Å²) in [4.78, 5) is 26.7. The van der Waals surface area contributed by atoms with Gasteiger partial charge in [0.25, 0.3) is 5.56 Å². The Labute approximate surface area is 159 Å². The monoisotopic (exact) mass is 384 g/mol. The molecular formula is C19H17FN4O2S. The molecule has 0 aliphatic heterocycles. The van der Waals surface area contributed by atoms with Gasteiger partial charge in [0.2, 0.25) is 5.91 Å². The van der Waals surface area contributed by atoms with Crippen LogP contribution in [0.3, 0.4) is 0 Å². The zero-order chi connectivity index (χ0) is 19.2. The van der Waals surface area contributed by atoms with Crippen LogP contribution in [-0.4, -0.2) is 26.8 Å². The van der Waals surface area contributed by atoms with Gasteiger partial charge in [-0.2, -0.15) is 0 Å². The summed E-state index contributed by atoms with van der Waals surface area (Å²) in [5.41, 5.74) is 2.60. The average Bonchev–Trinajstić information content (AvgIpc) is 2.66. The molecule has 1 amide bonds. The van der Waals surface area contributed by atoms with Gasteiger partial charge < -0.3 is 5.32 Å². The topological polar surface area (TPSA) is 87.7 Å². The van der Waals surface area contributed by atoms with Crippen molar-refractivity contribution in [3.63, 3.8) is 0 Å². The average molecular weight is 384 g/mol. The van der Waals surface area contributed by atoms with Crippen LogP contribution in [0.5, 0.6) is 0 Å². The number of H-pyrrole nitrogens is 1. The third-order valence-electron chi connectivity index (χ3n) is 3.70. The zero-order valence-corrected chi connectivity index (χ0v) is 15.3. The lowest BCUT2D eigenvalue weighted by Crippen LogP contribution is -2.19. The summed E-state index contributed by atoms with van der Waals surface area (Å²) in [6, 6.07) is 13.3. The summed E-state index contributed by atoms with van der Waals surface area (Å²) in [6.45, 7) is 1.99. The normalized spacial score (nSPS) is 10.6. The smallest absolute Gasteiger partial charge is 0.273 e. The lowest BCUT2D eigenvalue weighted by molar-refractivity contribution is -0.113. The number of rotatable bonds is 6. The summed E-state index contributed by atoms with van der Waals surface area (Å²) in [5, 5.41) is 10.9. The fraction of sp³-hybridized carbons (Fsp3) is 0.158. The van der Waals surface area contributed by atoms with Crippen molar-refractivity contribution in [1.82, 2.24) is 15.2 Å². The molecular weight excluding hydrogens is 367 g/mol. The van der Waals surface area contributed by atoms with Gasteiger partial charge in [-0.3, -0.25) is 14.6 Å². The van der Waals surface area contributed by atoms with Crippen molar-refractivity contribution in [1.29, 1.82) is 0 Å². The second kappa shape index (κ2) is 8.59. The Morgan fingerprint density at radius 3 is 2.48 bits per heavy atom. The largest absolute Gasteiger partial charge is 0.325 e. The number of anilines is 1. The maximum absolute atomic E-state index is 12.9. The molecule has 8 heteroatoms. The van der Waals surface area contributed by atoms with Crippen molar-refractivity contribution in [3.05, 3.63) is 81.5 Å². The molecule has 0 fully saturated rings. The van der Waals surface area contributed by atoms with Gasteiger partial charge in [-0.15, -0.1) is 10.2 Å². The molecule has 0 unspecified atom stereocenters. The molecule has 0 radical (unpaired) electrons. The number of thioether (sulfide) groups is 1. The fourth-order valence-corrected chi connectivity index (χ4v) is 2.89. The standard InChI is InChI=1S/C19H17FN4O2S/c1-12-2-4-13(5-3-12)10-16-18(26)22-19(24-23-16)27-11-17(25)21-15-8-6-14(20)7-9-15/h2-9H,10-11H2,1H3,(H,21,25)(H,22,24,26). The van der Waals surface area contributed by atoms with E-state index in [1.165, 1.54) is 24.3 Å². The summed E-state index contributed by atoms with van der Waals surface area (Å²) >= 11 is 1.07. The SMILES string of the molecule is Cc1ccc(Cc2nnc(SCC(=O)Nc3ccc(F)cc3)[nH]c2=O)cc1. The molecule has 0 bridgehead atoms. The Bertz CT molecular complexity index is 988. The number of aryl methyl sites for hydroxylation is 1. The minimum Gasteiger partial charge on any atom is -0.325 e. The molecule has 6 nitrogen and oxygen atoms in total. The van der Waals surface area contributed by atoms with Crippen LogP contribution in [0, 0.1) is 12.7 Å². The molecule has 0 atom stereocenters.